The molecule has 0 aromatic heterocycles. The van der Waals surface area contributed by atoms with Gasteiger partial charge in [-0.3, -0.25) is 0 Å². The summed E-state index contributed by atoms with van der Waals surface area (Å²) in [6.45, 7) is 11.3. The minimum absolute atomic E-state index is 0.612. The Kier molecular flexibility index (Phi) is 5.89. The van der Waals surface area contributed by atoms with Gasteiger partial charge >= 0.3 is 0 Å². The zero-order valence-electron chi connectivity index (χ0n) is 12.0. The van der Waals surface area contributed by atoms with Crippen molar-refractivity contribution in [2.75, 3.05) is 59.5 Å². The second kappa shape index (κ2) is 7.43. The summed E-state index contributed by atoms with van der Waals surface area (Å²) >= 11 is 0. The Balaban J connectivity index is 1.83. The number of nitrogens with one attached hydrogen (secondary N) is 1. The maximum Gasteiger partial charge on any atom is 0.0510 e. The van der Waals surface area contributed by atoms with E-state index < -0.39 is 0 Å². The van der Waals surface area contributed by atoms with Crippen molar-refractivity contribution in [2.45, 2.75) is 25.8 Å². The fourth-order valence-corrected chi connectivity index (χ4v) is 3.07. The molecule has 0 bridgehead atoms. The van der Waals surface area contributed by atoms with Gasteiger partial charge in [0.2, 0.25) is 0 Å². The van der Waals surface area contributed by atoms with Crippen LogP contribution in [-0.2, 0) is 4.74 Å². The van der Waals surface area contributed by atoms with Crippen molar-refractivity contribution in [1.82, 2.24) is 15.1 Å². The predicted molar refractivity (Wildman–Crippen MR) is 74.9 cm³/mol. The fourth-order valence-electron chi connectivity index (χ4n) is 3.07. The Bertz CT molecular complexity index is 231. The topological polar surface area (TPSA) is 27.7 Å². The Morgan fingerprint density at radius 1 is 1.28 bits per heavy atom. The molecule has 2 aliphatic rings. The molecule has 0 spiro atoms. The van der Waals surface area contributed by atoms with Gasteiger partial charge in [0.1, 0.15) is 0 Å². The minimum atomic E-state index is 0.612. The van der Waals surface area contributed by atoms with Crippen molar-refractivity contribution < 1.29 is 4.74 Å². The zero-order valence-corrected chi connectivity index (χ0v) is 12.0. The largest absolute Gasteiger partial charge is 0.381 e. The van der Waals surface area contributed by atoms with E-state index in [4.69, 9.17) is 4.74 Å². The van der Waals surface area contributed by atoms with Crippen LogP contribution in [0.5, 0.6) is 0 Å². The number of nitrogens with zero attached hydrogens (tertiary/aromatic N) is 2. The first-order valence-electron chi connectivity index (χ1n) is 7.51. The van der Waals surface area contributed by atoms with Crippen molar-refractivity contribution >= 4 is 0 Å². The van der Waals surface area contributed by atoms with Crippen LogP contribution in [0.4, 0.5) is 0 Å². The average molecular weight is 255 g/mol. The molecule has 4 heteroatoms. The van der Waals surface area contributed by atoms with E-state index in [0.717, 1.165) is 19.8 Å². The molecule has 0 saturated carbocycles. The number of rotatable bonds is 5. The molecular weight excluding hydrogens is 226 g/mol. The molecule has 2 aliphatic heterocycles. The van der Waals surface area contributed by atoms with Crippen molar-refractivity contribution in [3.05, 3.63) is 0 Å². The molecule has 2 atom stereocenters. The molecule has 106 valence electrons. The van der Waals surface area contributed by atoms with E-state index in [1.165, 1.54) is 45.6 Å². The van der Waals surface area contributed by atoms with Crippen LogP contribution in [-0.4, -0.2) is 75.4 Å². The molecule has 4 nitrogen and oxygen atoms in total. The van der Waals surface area contributed by atoms with E-state index in [1.54, 1.807) is 0 Å². The molecule has 18 heavy (non-hydrogen) atoms. The highest BCUT2D eigenvalue weighted by Gasteiger charge is 2.27. The molecule has 0 aromatic carbocycles. The molecule has 0 aromatic rings. The minimum Gasteiger partial charge on any atom is -0.381 e. The summed E-state index contributed by atoms with van der Waals surface area (Å²) in [6.07, 6.45) is 2.53. The van der Waals surface area contributed by atoms with Crippen LogP contribution in [0.1, 0.15) is 19.8 Å². The summed E-state index contributed by atoms with van der Waals surface area (Å²) in [5.41, 5.74) is 0. The quantitative estimate of drug-likeness (QED) is 0.780. The first kappa shape index (κ1) is 14.3. The first-order valence-corrected chi connectivity index (χ1v) is 7.51. The molecule has 2 heterocycles. The number of hydrogen-bond acceptors (Lipinski definition) is 4. The van der Waals surface area contributed by atoms with Gasteiger partial charge in [-0.15, -0.1) is 0 Å². The summed E-state index contributed by atoms with van der Waals surface area (Å²) < 4.78 is 5.55. The lowest BCUT2D eigenvalue weighted by molar-refractivity contribution is 0.162. The molecular formula is C14H29N3O. The van der Waals surface area contributed by atoms with Crippen LogP contribution in [0, 0.1) is 5.92 Å². The van der Waals surface area contributed by atoms with Gasteiger partial charge in [-0.1, -0.05) is 6.92 Å². The van der Waals surface area contributed by atoms with Crippen LogP contribution in [0.2, 0.25) is 0 Å². The van der Waals surface area contributed by atoms with E-state index >= 15 is 0 Å². The number of likely N-dealkylation sites (N-methyl/N-ethyl adjacent to an activating group) is 2. The van der Waals surface area contributed by atoms with Gasteiger partial charge in [0.25, 0.3) is 0 Å². The lowest BCUT2D eigenvalue weighted by Crippen LogP contribution is -2.46. The molecule has 2 unspecified atom stereocenters. The van der Waals surface area contributed by atoms with Gasteiger partial charge in [0, 0.05) is 38.2 Å². The third-order valence-corrected chi connectivity index (χ3v) is 4.27. The zero-order chi connectivity index (χ0) is 12.8. The van der Waals surface area contributed by atoms with Crippen LogP contribution in [0.25, 0.3) is 0 Å². The van der Waals surface area contributed by atoms with Gasteiger partial charge in [-0.2, -0.15) is 0 Å². The van der Waals surface area contributed by atoms with Gasteiger partial charge in [-0.25, -0.2) is 0 Å². The molecule has 2 rings (SSSR count). The number of ether oxygens (including phenoxy) is 1. The Morgan fingerprint density at radius 3 is 2.89 bits per heavy atom. The highest BCUT2D eigenvalue weighted by atomic mass is 16.5. The molecule has 2 saturated heterocycles. The summed E-state index contributed by atoms with van der Waals surface area (Å²) in [4.78, 5) is 5.08. The number of hydrogen-bond donors (Lipinski definition) is 1. The second-order valence-corrected chi connectivity index (χ2v) is 5.75. The lowest BCUT2D eigenvalue weighted by atomic mass is 9.98. The molecule has 0 amide bonds. The van der Waals surface area contributed by atoms with Crippen molar-refractivity contribution in [1.29, 1.82) is 0 Å². The molecule has 2 fully saturated rings. The third kappa shape index (κ3) is 4.19. The summed E-state index contributed by atoms with van der Waals surface area (Å²) in [5.74, 6) is 0.714. The maximum absolute atomic E-state index is 5.55. The first-order chi connectivity index (χ1) is 8.79. The second-order valence-electron chi connectivity index (χ2n) is 5.75. The van der Waals surface area contributed by atoms with E-state index in [2.05, 4.69) is 29.1 Å². The summed E-state index contributed by atoms with van der Waals surface area (Å²) in [7, 11) is 2.23. The normalized spacial score (nSPS) is 29.3. The summed E-state index contributed by atoms with van der Waals surface area (Å²) in [5, 5.41) is 3.67. The molecule has 0 aliphatic carbocycles. The van der Waals surface area contributed by atoms with Crippen molar-refractivity contribution in [2.24, 2.45) is 5.92 Å². The molecule has 1 N–H and O–H groups in total. The highest BCUT2D eigenvalue weighted by molar-refractivity contribution is 4.83. The van der Waals surface area contributed by atoms with Crippen molar-refractivity contribution in [3.8, 4) is 0 Å². The smallest absolute Gasteiger partial charge is 0.0510 e. The highest BCUT2D eigenvalue weighted by Crippen LogP contribution is 2.18. The van der Waals surface area contributed by atoms with E-state index in [1.807, 2.05) is 0 Å². The Hall–Kier alpha value is -0.160. The van der Waals surface area contributed by atoms with Crippen LogP contribution < -0.4 is 5.32 Å². The van der Waals surface area contributed by atoms with Crippen molar-refractivity contribution in [3.63, 3.8) is 0 Å². The summed E-state index contributed by atoms with van der Waals surface area (Å²) in [6, 6.07) is 0.612. The maximum atomic E-state index is 5.55. The van der Waals surface area contributed by atoms with E-state index in [-0.39, 0.29) is 0 Å². The van der Waals surface area contributed by atoms with Crippen LogP contribution >= 0.6 is 0 Å². The Morgan fingerprint density at radius 2 is 2.17 bits per heavy atom. The van der Waals surface area contributed by atoms with E-state index in [9.17, 15) is 0 Å². The van der Waals surface area contributed by atoms with E-state index in [0.29, 0.717) is 12.0 Å². The SMILES string of the molecule is CCNC(CN1CCCN(C)CC1)C1CCOC1. The van der Waals surface area contributed by atoms with Gasteiger partial charge < -0.3 is 19.9 Å². The lowest BCUT2D eigenvalue weighted by Gasteiger charge is -2.30. The monoisotopic (exact) mass is 255 g/mol. The van der Waals surface area contributed by atoms with Crippen LogP contribution in [0.15, 0.2) is 0 Å². The molecule has 0 radical (unpaired) electrons. The predicted octanol–water partition coefficient (Wildman–Crippen LogP) is 0.639. The standard InChI is InChI=1S/C14H29N3O/c1-3-15-14(13-5-10-18-12-13)11-17-7-4-6-16(2)8-9-17/h13-15H,3-12H2,1-2H3. The fraction of sp³-hybridized carbons (Fsp3) is 1.00. The van der Waals surface area contributed by atoms with Gasteiger partial charge in [0.15, 0.2) is 0 Å². The van der Waals surface area contributed by atoms with Gasteiger partial charge in [0.05, 0.1) is 6.61 Å². The average Bonchev–Trinajstić information content (AvgIpc) is 2.81. The Labute approximate surface area is 112 Å². The van der Waals surface area contributed by atoms with Crippen LogP contribution in [0.3, 0.4) is 0 Å². The van der Waals surface area contributed by atoms with Gasteiger partial charge in [-0.05, 0) is 39.5 Å². The third-order valence-electron chi connectivity index (χ3n) is 4.27.